The third kappa shape index (κ3) is 4.55. The first-order chi connectivity index (χ1) is 9.45. The van der Waals surface area contributed by atoms with E-state index in [-0.39, 0.29) is 24.1 Å². The van der Waals surface area contributed by atoms with E-state index in [0.29, 0.717) is 12.3 Å². The fourth-order valence-corrected chi connectivity index (χ4v) is 1.68. The minimum atomic E-state index is -0.610. The predicted octanol–water partition coefficient (Wildman–Crippen LogP) is 0.885. The zero-order chi connectivity index (χ0) is 15.1. The fraction of sp³-hybridized carbons (Fsp3) is 0.429. The summed E-state index contributed by atoms with van der Waals surface area (Å²) < 4.78 is 9.82. The van der Waals surface area contributed by atoms with E-state index in [1.54, 1.807) is 39.2 Å². The van der Waals surface area contributed by atoms with E-state index in [9.17, 15) is 9.59 Å². The average molecular weight is 280 g/mol. The highest BCUT2D eigenvalue weighted by Gasteiger charge is 2.15. The van der Waals surface area contributed by atoms with Crippen molar-refractivity contribution in [3.8, 4) is 0 Å². The van der Waals surface area contributed by atoms with Crippen LogP contribution in [0.5, 0.6) is 0 Å². The Morgan fingerprint density at radius 1 is 1.40 bits per heavy atom. The molecule has 0 bridgehead atoms. The molecule has 20 heavy (non-hydrogen) atoms. The van der Waals surface area contributed by atoms with Gasteiger partial charge in [0.05, 0.1) is 12.2 Å². The molecule has 0 heterocycles. The summed E-state index contributed by atoms with van der Waals surface area (Å²) in [6.45, 7) is 3.64. The van der Waals surface area contributed by atoms with Crippen LogP contribution in [0.1, 0.15) is 22.8 Å². The number of aryl methyl sites for hydroxylation is 1. The normalized spacial score (nSPS) is 11.8. The second-order valence-corrected chi connectivity index (χ2v) is 4.54. The Labute approximate surface area is 118 Å². The lowest BCUT2D eigenvalue weighted by atomic mass is 10.1. The maximum atomic E-state index is 11.8. The van der Waals surface area contributed by atoms with Crippen LogP contribution in [0, 0.1) is 6.92 Å². The lowest BCUT2D eigenvalue weighted by molar-refractivity contribution is -0.125. The molecule has 0 aliphatic rings. The third-order valence-electron chi connectivity index (χ3n) is 2.70. The first-order valence-corrected chi connectivity index (χ1v) is 6.26. The number of nitrogens with two attached hydrogens (primary N) is 1. The SMILES string of the molecule is COCC(C)NC(=O)COC(=O)c1cccc(C)c1N. The molecule has 6 heteroatoms. The van der Waals surface area contributed by atoms with Crippen molar-refractivity contribution in [1.82, 2.24) is 5.32 Å². The van der Waals surface area contributed by atoms with Gasteiger partial charge in [-0.1, -0.05) is 12.1 Å². The molecule has 1 unspecified atom stereocenters. The van der Waals surface area contributed by atoms with Crippen molar-refractivity contribution < 1.29 is 19.1 Å². The van der Waals surface area contributed by atoms with E-state index >= 15 is 0 Å². The molecule has 1 rings (SSSR count). The van der Waals surface area contributed by atoms with Gasteiger partial charge in [0.25, 0.3) is 5.91 Å². The Bertz CT molecular complexity index is 488. The summed E-state index contributed by atoms with van der Waals surface area (Å²) in [6, 6.07) is 4.93. The van der Waals surface area contributed by atoms with Gasteiger partial charge in [-0.2, -0.15) is 0 Å². The van der Waals surface area contributed by atoms with Gasteiger partial charge in [0, 0.05) is 18.8 Å². The van der Waals surface area contributed by atoms with Crippen LogP contribution in [0.15, 0.2) is 18.2 Å². The maximum absolute atomic E-state index is 11.8. The van der Waals surface area contributed by atoms with Crippen LogP contribution < -0.4 is 11.1 Å². The summed E-state index contributed by atoms with van der Waals surface area (Å²) in [5.74, 6) is -0.991. The largest absolute Gasteiger partial charge is 0.452 e. The smallest absolute Gasteiger partial charge is 0.340 e. The summed E-state index contributed by atoms with van der Waals surface area (Å²) >= 11 is 0. The van der Waals surface area contributed by atoms with Crippen molar-refractivity contribution in [2.45, 2.75) is 19.9 Å². The van der Waals surface area contributed by atoms with Gasteiger partial charge in [0.15, 0.2) is 6.61 Å². The fourth-order valence-electron chi connectivity index (χ4n) is 1.68. The first-order valence-electron chi connectivity index (χ1n) is 6.26. The number of carbonyl (C=O) groups is 2. The van der Waals surface area contributed by atoms with Crippen LogP contribution in [0.2, 0.25) is 0 Å². The van der Waals surface area contributed by atoms with Gasteiger partial charge in [-0.25, -0.2) is 4.79 Å². The van der Waals surface area contributed by atoms with Gasteiger partial charge >= 0.3 is 5.97 Å². The summed E-state index contributed by atoms with van der Waals surface area (Å²) in [5.41, 5.74) is 7.21. The molecule has 1 aromatic carbocycles. The zero-order valence-electron chi connectivity index (χ0n) is 11.9. The minimum absolute atomic E-state index is 0.143. The van der Waals surface area contributed by atoms with Crippen LogP contribution in [0.3, 0.4) is 0 Å². The number of hydrogen-bond acceptors (Lipinski definition) is 5. The number of para-hydroxylation sites is 1. The standard InChI is InChI=1S/C14H20N2O4/c1-9-5-4-6-11(13(9)15)14(18)20-8-12(17)16-10(2)7-19-3/h4-6,10H,7-8,15H2,1-3H3,(H,16,17). The van der Waals surface area contributed by atoms with Crippen molar-refractivity contribution in [1.29, 1.82) is 0 Å². The highest BCUT2D eigenvalue weighted by Crippen LogP contribution is 2.17. The van der Waals surface area contributed by atoms with E-state index < -0.39 is 5.97 Å². The molecule has 0 spiro atoms. The Morgan fingerprint density at radius 3 is 2.75 bits per heavy atom. The van der Waals surface area contributed by atoms with E-state index in [4.69, 9.17) is 15.2 Å². The van der Waals surface area contributed by atoms with E-state index in [1.807, 2.05) is 0 Å². The van der Waals surface area contributed by atoms with Gasteiger partial charge in [0.2, 0.25) is 0 Å². The van der Waals surface area contributed by atoms with Gasteiger partial charge in [-0.05, 0) is 25.5 Å². The third-order valence-corrected chi connectivity index (χ3v) is 2.70. The molecule has 0 saturated heterocycles. The Balaban J connectivity index is 2.51. The quantitative estimate of drug-likeness (QED) is 0.596. The number of rotatable bonds is 6. The molecule has 1 atom stereocenters. The lowest BCUT2D eigenvalue weighted by Gasteiger charge is -2.13. The Kier molecular flexibility index (Phi) is 5.99. The average Bonchev–Trinajstić information content (AvgIpc) is 2.39. The molecule has 110 valence electrons. The number of ether oxygens (including phenoxy) is 2. The van der Waals surface area contributed by atoms with Gasteiger partial charge in [-0.15, -0.1) is 0 Å². The van der Waals surface area contributed by atoms with Crippen molar-refractivity contribution >= 4 is 17.6 Å². The topological polar surface area (TPSA) is 90.6 Å². The monoisotopic (exact) mass is 280 g/mol. The number of benzene rings is 1. The molecule has 1 aromatic rings. The van der Waals surface area contributed by atoms with Crippen LogP contribution in [-0.4, -0.2) is 38.2 Å². The molecule has 0 fully saturated rings. The second-order valence-electron chi connectivity index (χ2n) is 4.54. The first kappa shape index (κ1) is 16.0. The lowest BCUT2D eigenvalue weighted by Crippen LogP contribution is -2.38. The maximum Gasteiger partial charge on any atom is 0.340 e. The summed E-state index contributed by atoms with van der Waals surface area (Å²) in [5, 5.41) is 2.64. The molecule has 6 nitrogen and oxygen atoms in total. The molecule has 3 N–H and O–H groups in total. The van der Waals surface area contributed by atoms with Crippen LogP contribution in [-0.2, 0) is 14.3 Å². The van der Waals surface area contributed by atoms with Crippen molar-refractivity contribution in [2.24, 2.45) is 0 Å². The zero-order valence-corrected chi connectivity index (χ0v) is 11.9. The molecule has 0 saturated carbocycles. The molecule has 0 aromatic heterocycles. The highest BCUT2D eigenvalue weighted by atomic mass is 16.5. The molecular formula is C14H20N2O4. The number of hydrogen-bond donors (Lipinski definition) is 2. The number of methoxy groups -OCH3 is 1. The van der Waals surface area contributed by atoms with Crippen LogP contribution in [0.4, 0.5) is 5.69 Å². The van der Waals surface area contributed by atoms with Gasteiger partial charge in [-0.3, -0.25) is 4.79 Å². The van der Waals surface area contributed by atoms with Crippen LogP contribution >= 0.6 is 0 Å². The molecule has 0 radical (unpaired) electrons. The molecular weight excluding hydrogens is 260 g/mol. The number of carbonyl (C=O) groups excluding carboxylic acids is 2. The Hall–Kier alpha value is -2.08. The van der Waals surface area contributed by atoms with Gasteiger partial charge in [0.1, 0.15) is 0 Å². The summed E-state index contributed by atoms with van der Waals surface area (Å²) in [7, 11) is 1.54. The minimum Gasteiger partial charge on any atom is -0.452 e. The van der Waals surface area contributed by atoms with E-state index in [2.05, 4.69) is 5.32 Å². The summed E-state index contributed by atoms with van der Waals surface area (Å²) in [4.78, 5) is 23.4. The number of nitrogen functional groups attached to an aromatic ring is 1. The van der Waals surface area contributed by atoms with Gasteiger partial charge < -0.3 is 20.5 Å². The van der Waals surface area contributed by atoms with E-state index in [0.717, 1.165) is 5.56 Å². The molecule has 0 aliphatic carbocycles. The molecule has 0 aliphatic heterocycles. The number of nitrogens with one attached hydrogen (secondary N) is 1. The van der Waals surface area contributed by atoms with Crippen molar-refractivity contribution in [3.63, 3.8) is 0 Å². The number of anilines is 1. The van der Waals surface area contributed by atoms with Crippen molar-refractivity contribution in [3.05, 3.63) is 29.3 Å². The molecule has 1 amide bonds. The van der Waals surface area contributed by atoms with Crippen molar-refractivity contribution in [2.75, 3.05) is 26.1 Å². The van der Waals surface area contributed by atoms with Crippen LogP contribution in [0.25, 0.3) is 0 Å². The predicted molar refractivity (Wildman–Crippen MR) is 75.4 cm³/mol. The number of amides is 1. The second kappa shape index (κ2) is 7.49. The Morgan fingerprint density at radius 2 is 2.10 bits per heavy atom. The van der Waals surface area contributed by atoms with E-state index in [1.165, 1.54) is 0 Å². The highest BCUT2D eigenvalue weighted by molar-refractivity contribution is 5.96. The summed E-state index contributed by atoms with van der Waals surface area (Å²) in [6.07, 6.45) is 0. The number of esters is 1.